The summed E-state index contributed by atoms with van der Waals surface area (Å²) in [6, 6.07) is 8.82. The smallest absolute Gasteiger partial charge is 0.255 e. The number of aryl methyl sites for hydroxylation is 1. The van der Waals surface area contributed by atoms with Gasteiger partial charge in [0, 0.05) is 36.6 Å². The fraction of sp³-hybridized carbons (Fsp3) is 0.300. The zero-order valence-electron chi connectivity index (χ0n) is 14.9. The second-order valence-corrected chi connectivity index (χ2v) is 6.79. The van der Waals surface area contributed by atoms with E-state index < -0.39 is 6.17 Å². The maximum Gasteiger partial charge on any atom is 0.255 e. The highest BCUT2D eigenvalue weighted by Crippen LogP contribution is 2.26. The highest BCUT2D eigenvalue weighted by Gasteiger charge is 2.25. The lowest BCUT2D eigenvalue weighted by Crippen LogP contribution is -2.39. The quantitative estimate of drug-likeness (QED) is 0.649. The van der Waals surface area contributed by atoms with Gasteiger partial charge in [0.05, 0.1) is 5.56 Å². The van der Waals surface area contributed by atoms with Gasteiger partial charge in [0.1, 0.15) is 17.5 Å². The Labute approximate surface area is 155 Å². The summed E-state index contributed by atoms with van der Waals surface area (Å²) in [5, 5.41) is 3.80. The minimum absolute atomic E-state index is 0.0945. The van der Waals surface area contributed by atoms with Crippen molar-refractivity contribution < 1.29 is 9.18 Å². The number of pyridine rings is 1. The number of halogens is 1. The van der Waals surface area contributed by atoms with E-state index in [0.717, 1.165) is 22.3 Å². The van der Waals surface area contributed by atoms with E-state index in [9.17, 15) is 14.1 Å². The van der Waals surface area contributed by atoms with Crippen molar-refractivity contribution >= 4 is 22.6 Å². The third kappa shape index (κ3) is 3.09. The Hall–Kier alpha value is -3.09. The van der Waals surface area contributed by atoms with Crippen LogP contribution in [-0.2, 0) is 0 Å². The predicted octanol–water partition coefficient (Wildman–Crippen LogP) is 4.31. The molecule has 3 aromatic rings. The average Bonchev–Trinajstić information content (AvgIpc) is 3.13. The van der Waals surface area contributed by atoms with Crippen LogP contribution in [0.5, 0.6) is 0 Å². The van der Waals surface area contributed by atoms with Crippen LogP contribution in [0.15, 0.2) is 47.9 Å². The summed E-state index contributed by atoms with van der Waals surface area (Å²) in [6.07, 6.45) is 3.45. The van der Waals surface area contributed by atoms with E-state index in [0.29, 0.717) is 37.2 Å². The van der Waals surface area contributed by atoms with Gasteiger partial charge in [-0.05, 0) is 60.8 Å². The van der Waals surface area contributed by atoms with Crippen molar-refractivity contribution in [3.63, 3.8) is 0 Å². The molecule has 27 heavy (non-hydrogen) atoms. The van der Waals surface area contributed by atoms with Crippen LogP contribution >= 0.6 is 0 Å². The summed E-state index contributed by atoms with van der Waals surface area (Å²) < 4.78 is 15.2. The van der Waals surface area contributed by atoms with Crippen LogP contribution in [0.3, 0.4) is 0 Å². The molecule has 6 nitrogen and oxygen atoms in total. The third-order valence-electron chi connectivity index (χ3n) is 5.16. The van der Waals surface area contributed by atoms with Gasteiger partial charge in [0.25, 0.3) is 5.91 Å². The molecule has 0 unspecified atom stereocenters. The molecule has 7 heteroatoms. The second kappa shape index (κ2) is 6.90. The van der Waals surface area contributed by atoms with Gasteiger partial charge in [0.2, 0.25) is 0 Å². The minimum atomic E-state index is -0.814. The maximum absolute atomic E-state index is 13.3. The van der Waals surface area contributed by atoms with Crippen molar-refractivity contribution in [3.05, 3.63) is 58.8 Å². The Morgan fingerprint density at radius 3 is 2.56 bits per heavy atom. The molecule has 0 aliphatic carbocycles. The minimum Gasteiger partial charge on any atom is -0.338 e. The molecule has 138 valence electrons. The summed E-state index contributed by atoms with van der Waals surface area (Å²) in [4.78, 5) is 29.6. The molecule has 0 N–H and O–H groups in total. The number of nitrogens with zero attached hydrogens (tertiary/aromatic N) is 4. The molecular formula is C20H19FN4O2. The molecule has 0 spiro atoms. The molecule has 0 radical (unpaired) electrons. The number of fused-ring (bicyclic) bond motifs is 1. The zero-order chi connectivity index (χ0) is 19.0. The number of hydrogen-bond donors (Lipinski definition) is 0. The maximum atomic E-state index is 13.3. The SMILES string of the molecule is Cc1c(C(=O)N2CCC(F)CC2)cnc2c1ccn2-c1ccc(N=O)cc1. The number of benzene rings is 1. The first-order valence-corrected chi connectivity index (χ1v) is 8.92. The number of rotatable bonds is 3. The van der Waals surface area contributed by atoms with Gasteiger partial charge >= 0.3 is 0 Å². The first-order valence-electron chi connectivity index (χ1n) is 8.92. The molecule has 0 saturated carbocycles. The van der Waals surface area contributed by atoms with Crippen LogP contribution in [-0.4, -0.2) is 39.6 Å². The standard InChI is InChI=1S/C20H19FN4O2/c1-13-17-8-11-25(16-4-2-15(23-27)3-5-16)19(17)22-12-18(13)20(26)24-9-6-14(21)7-10-24/h2-5,8,11-12,14H,6-7,9-10H2,1H3. The van der Waals surface area contributed by atoms with Gasteiger partial charge < -0.3 is 9.47 Å². The zero-order valence-corrected chi connectivity index (χ0v) is 14.9. The van der Waals surface area contributed by atoms with Gasteiger partial charge in [-0.2, -0.15) is 0 Å². The molecule has 1 aromatic carbocycles. The molecule has 2 aromatic heterocycles. The summed E-state index contributed by atoms with van der Waals surface area (Å²) in [6.45, 7) is 2.79. The van der Waals surface area contributed by atoms with Crippen LogP contribution in [0.25, 0.3) is 16.7 Å². The summed E-state index contributed by atoms with van der Waals surface area (Å²) in [5.74, 6) is -0.0945. The van der Waals surface area contributed by atoms with Crippen molar-refractivity contribution in [2.75, 3.05) is 13.1 Å². The molecule has 4 rings (SSSR count). The van der Waals surface area contributed by atoms with E-state index in [4.69, 9.17) is 0 Å². The lowest BCUT2D eigenvalue weighted by atomic mass is 10.0. The normalized spacial score (nSPS) is 15.3. The van der Waals surface area contributed by atoms with Crippen LogP contribution < -0.4 is 0 Å². The molecule has 1 saturated heterocycles. The fourth-order valence-electron chi connectivity index (χ4n) is 3.54. The van der Waals surface area contributed by atoms with Gasteiger partial charge in [-0.1, -0.05) is 0 Å². The first-order chi connectivity index (χ1) is 13.1. The van der Waals surface area contributed by atoms with E-state index in [1.165, 1.54) is 0 Å². The van der Waals surface area contributed by atoms with Crippen LogP contribution in [0.1, 0.15) is 28.8 Å². The lowest BCUT2D eigenvalue weighted by Gasteiger charge is -2.29. The Morgan fingerprint density at radius 2 is 1.89 bits per heavy atom. The number of carbonyl (C=O) groups is 1. The lowest BCUT2D eigenvalue weighted by molar-refractivity contribution is 0.0666. The topological polar surface area (TPSA) is 67.6 Å². The molecule has 1 amide bonds. The monoisotopic (exact) mass is 366 g/mol. The second-order valence-electron chi connectivity index (χ2n) is 6.79. The molecular weight excluding hydrogens is 347 g/mol. The molecule has 1 aliphatic rings. The average molecular weight is 366 g/mol. The predicted molar refractivity (Wildman–Crippen MR) is 101 cm³/mol. The molecule has 0 atom stereocenters. The number of hydrogen-bond acceptors (Lipinski definition) is 4. The van der Waals surface area contributed by atoms with Gasteiger partial charge in [-0.3, -0.25) is 4.79 Å². The number of aromatic nitrogens is 2. The van der Waals surface area contributed by atoms with Gasteiger partial charge in [-0.25, -0.2) is 9.37 Å². The van der Waals surface area contributed by atoms with Crippen LogP contribution in [0, 0.1) is 11.8 Å². The first kappa shape index (κ1) is 17.3. The Bertz CT molecular complexity index is 1000. The van der Waals surface area contributed by atoms with Gasteiger partial charge in [-0.15, -0.1) is 4.91 Å². The summed E-state index contributed by atoms with van der Waals surface area (Å²) in [7, 11) is 0. The Morgan fingerprint density at radius 1 is 1.19 bits per heavy atom. The fourth-order valence-corrected chi connectivity index (χ4v) is 3.54. The number of carbonyl (C=O) groups excluding carboxylic acids is 1. The van der Waals surface area contributed by atoms with Crippen LogP contribution in [0.2, 0.25) is 0 Å². The Balaban J connectivity index is 1.69. The van der Waals surface area contributed by atoms with Crippen molar-refractivity contribution in [2.45, 2.75) is 25.9 Å². The molecule has 1 fully saturated rings. The number of nitroso groups, excluding NO2 is 1. The van der Waals surface area contributed by atoms with E-state index in [2.05, 4.69) is 10.2 Å². The number of alkyl halides is 1. The number of amides is 1. The summed E-state index contributed by atoms with van der Waals surface area (Å²) in [5.41, 5.74) is 3.37. The van der Waals surface area contributed by atoms with Crippen molar-refractivity contribution in [3.8, 4) is 5.69 Å². The van der Waals surface area contributed by atoms with E-state index >= 15 is 0 Å². The van der Waals surface area contributed by atoms with E-state index in [-0.39, 0.29) is 5.91 Å². The highest BCUT2D eigenvalue weighted by atomic mass is 19.1. The van der Waals surface area contributed by atoms with E-state index in [1.807, 2.05) is 23.8 Å². The Kier molecular flexibility index (Phi) is 4.43. The van der Waals surface area contributed by atoms with E-state index in [1.54, 1.807) is 35.4 Å². The number of piperidine rings is 1. The van der Waals surface area contributed by atoms with Crippen molar-refractivity contribution in [1.82, 2.24) is 14.5 Å². The molecule has 3 heterocycles. The van der Waals surface area contributed by atoms with Crippen LogP contribution in [0.4, 0.5) is 10.1 Å². The van der Waals surface area contributed by atoms with Crippen molar-refractivity contribution in [1.29, 1.82) is 0 Å². The third-order valence-corrected chi connectivity index (χ3v) is 5.16. The van der Waals surface area contributed by atoms with Crippen molar-refractivity contribution in [2.24, 2.45) is 5.18 Å². The number of likely N-dealkylation sites (tertiary alicyclic amines) is 1. The molecule has 0 bridgehead atoms. The molecule has 1 aliphatic heterocycles. The summed E-state index contributed by atoms with van der Waals surface area (Å²) >= 11 is 0. The van der Waals surface area contributed by atoms with Gasteiger partial charge in [0.15, 0.2) is 0 Å². The largest absolute Gasteiger partial charge is 0.338 e. The highest BCUT2D eigenvalue weighted by molar-refractivity contribution is 5.99.